The number of nitrogens with zero attached hydrogens (tertiary/aromatic N) is 2. The molecule has 1 unspecified atom stereocenters. The molecule has 1 aliphatic heterocycles. The van der Waals surface area contributed by atoms with Crippen LogP contribution in [0.2, 0.25) is 0 Å². The van der Waals surface area contributed by atoms with Crippen LogP contribution in [0.5, 0.6) is 17.2 Å². The lowest BCUT2D eigenvalue weighted by molar-refractivity contribution is -0.120. The first-order chi connectivity index (χ1) is 16.1. The summed E-state index contributed by atoms with van der Waals surface area (Å²) in [5.41, 5.74) is 2.93. The summed E-state index contributed by atoms with van der Waals surface area (Å²) in [6.07, 6.45) is 6.75. The second-order valence-corrected chi connectivity index (χ2v) is 8.19. The topological polar surface area (TPSA) is 60.4 Å². The molecule has 0 bridgehead atoms. The highest BCUT2D eigenvalue weighted by atomic mass is 16.5. The summed E-state index contributed by atoms with van der Waals surface area (Å²) in [5.74, 6) is 2.13. The fourth-order valence-electron chi connectivity index (χ4n) is 4.07. The molecule has 0 N–H and O–H groups in total. The molecule has 2 aromatic carbocycles. The molecule has 2 aromatic rings. The SMILES string of the molecule is C=CCN(CCCC1C=Nc2cc(OC)c(OC)cc2CC1=O)CCc1ccc(OC)cc1. The molecule has 3 rings (SSSR count). The van der Waals surface area contributed by atoms with E-state index in [1.54, 1.807) is 27.5 Å². The van der Waals surface area contributed by atoms with Crippen molar-refractivity contribution in [1.82, 2.24) is 4.90 Å². The number of fused-ring (bicyclic) bond motifs is 1. The molecule has 0 spiro atoms. The highest BCUT2D eigenvalue weighted by Crippen LogP contribution is 2.36. The summed E-state index contributed by atoms with van der Waals surface area (Å²) >= 11 is 0. The van der Waals surface area contributed by atoms with Crippen LogP contribution in [-0.4, -0.2) is 57.9 Å². The monoisotopic (exact) mass is 450 g/mol. The zero-order valence-corrected chi connectivity index (χ0v) is 19.9. The van der Waals surface area contributed by atoms with Gasteiger partial charge in [-0.1, -0.05) is 18.2 Å². The molecule has 0 radical (unpaired) electrons. The van der Waals surface area contributed by atoms with Crippen molar-refractivity contribution in [2.75, 3.05) is 41.0 Å². The van der Waals surface area contributed by atoms with Crippen LogP contribution in [0.25, 0.3) is 0 Å². The maximum Gasteiger partial charge on any atom is 0.162 e. The summed E-state index contributed by atoms with van der Waals surface area (Å²) in [6.45, 7) is 6.58. The summed E-state index contributed by atoms with van der Waals surface area (Å²) in [7, 11) is 4.87. The van der Waals surface area contributed by atoms with E-state index in [4.69, 9.17) is 14.2 Å². The quantitative estimate of drug-likeness (QED) is 0.440. The molecule has 6 nitrogen and oxygen atoms in total. The zero-order chi connectivity index (χ0) is 23.6. The molecule has 176 valence electrons. The molecule has 6 heteroatoms. The zero-order valence-electron chi connectivity index (χ0n) is 19.9. The van der Waals surface area contributed by atoms with E-state index in [2.05, 4.69) is 28.6 Å². The Morgan fingerprint density at radius 2 is 1.79 bits per heavy atom. The molecule has 33 heavy (non-hydrogen) atoms. The maximum absolute atomic E-state index is 12.9. The second-order valence-electron chi connectivity index (χ2n) is 8.19. The van der Waals surface area contributed by atoms with Gasteiger partial charge >= 0.3 is 0 Å². The molecular weight excluding hydrogens is 416 g/mol. The van der Waals surface area contributed by atoms with E-state index in [0.29, 0.717) is 17.9 Å². The van der Waals surface area contributed by atoms with Crippen molar-refractivity contribution in [3.8, 4) is 17.2 Å². The van der Waals surface area contributed by atoms with E-state index >= 15 is 0 Å². The van der Waals surface area contributed by atoms with Crippen LogP contribution in [0.15, 0.2) is 54.0 Å². The largest absolute Gasteiger partial charge is 0.497 e. The van der Waals surface area contributed by atoms with Crippen LogP contribution < -0.4 is 14.2 Å². The Bertz CT molecular complexity index is 969. The minimum atomic E-state index is -0.179. The lowest BCUT2D eigenvalue weighted by atomic mass is 9.95. The molecule has 0 saturated carbocycles. The predicted molar refractivity (Wildman–Crippen MR) is 132 cm³/mol. The number of hydrogen-bond acceptors (Lipinski definition) is 6. The van der Waals surface area contributed by atoms with Crippen molar-refractivity contribution in [2.24, 2.45) is 10.9 Å². The number of Topliss-reactive ketones (excluding diaryl/α,β-unsaturated/α-hetero) is 1. The number of carbonyl (C=O) groups excluding carboxylic acids is 1. The van der Waals surface area contributed by atoms with Crippen LogP contribution in [0.1, 0.15) is 24.0 Å². The lowest BCUT2D eigenvalue weighted by Crippen LogP contribution is -2.28. The van der Waals surface area contributed by atoms with Gasteiger partial charge in [0.25, 0.3) is 0 Å². The van der Waals surface area contributed by atoms with Gasteiger partial charge in [0.05, 0.1) is 32.9 Å². The van der Waals surface area contributed by atoms with Gasteiger partial charge in [-0.15, -0.1) is 6.58 Å². The number of rotatable bonds is 12. The Labute approximate surface area is 196 Å². The Morgan fingerprint density at radius 3 is 2.45 bits per heavy atom. The Balaban J connectivity index is 1.55. The third-order valence-corrected chi connectivity index (χ3v) is 6.01. The van der Waals surface area contributed by atoms with Crippen molar-refractivity contribution in [1.29, 1.82) is 0 Å². The summed E-state index contributed by atoms with van der Waals surface area (Å²) < 4.78 is 16.0. The average Bonchev–Trinajstić information content (AvgIpc) is 2.99. The first kappa shape index (κ1) is 24.5. The van der Waals surface area contributed by atoms with E-state index in [9.17, 15) is 4.79 Å². The normalized spacial score (nSPS) is 15.2. The fraction of sp³-hybridized carbons (Fsp3) is 0.407. The number of methoxy groups -OCH3 is 3. The Kier molecular flexibility index (Phi) is 9.07. The molecule has 0 saturated heterocycles. The molecule has 1 aliphatic rings. The van der Waals surface area contributed by atoms with Crippen LogP contribution in [0.4, 0.5) is 5.69 Å². The fourth-order valence-corrected chi connectivity index (χ4v) is 4.07. The van der Waals surface area contributed by atoms with E-state index in [1.807, 2.05) is 30.3 Å². The number of ketones is 1. The van der Waals surface area contributed by atoms with Crippen molar-refractivity contribution >= 4 is 17.7 Å². The van der Waals surface area contributed by atoms with Gasteiger partial charge in [-0.25, -0.2) is 0 Å². The summed E-state index contributed by atoms with van der Waals surface area (Å²) in [4.78, 5) is 19.9. The smallest absolute Gasteiger partial charge is 0.162 e. The second kappa shape index (κ2) is 12.2. The van der Waals surface area contributed by atoms with Gasteiger partial charge in [-0.3, -0.25) is 14.7 Å². The van der Waals surface area contributed by atoms with Crippen LogP contribution >= 0.6 is 0 Å². The van der Waals surface area contributed by atoms with Crippen LogP contribution in [0, 0.1) is 5.92 Å². The van der Waals surface area contributed by atoms with Crippen molar-refractivity contribution in [3.05, 3.63) is 60.2 Å². The summed E-state index contributed by atoms with van der Waals surface area (Å²) in [5, 5.41) is 0. The molecule has 0 aliphatic carbocycles. The van der Waals surface area contributed by atoms with Crippen molar-refractivity contribution < 1.29 is 19.0 Å². The maximum atomic E-state index is 12.9. The van der Waals surface area contributed by atoms with Crippen molar-refractivity contribution in [2.45, 2.75) is 25.7 Å². The number of carbonyl (C=O) groups is 1. The van der Waals surface area contributed by atoms with Gasteiger partial charge in [0, 0.05) is 31.8 Å². The lowest BCUT2D eigenvalue weighted by Gasteiger charge is -2.21. The predicted octanol–water partition coefficient (Wildman–Crippen LogP) is 4.67. The van der Waals surface area contributed by atoms with E-state index in [0.717, 1.165) is 55.9 Å². The van der Waals surface area contributed by atoms with Crippen LogP contribution in [-0.2, 0) is 17.6 Å². The van der Waals surface area contributed by atoms with E-state index in [1.165, 1.54) is 5.56 Å². The number of benzene rings is 2. The number of aliphatic imine (C=N–C) groups is 1. The van der Waals surface area contributed by atoms with Gasteiger partial charge in [0.15, 0.2) is 11.5 Å². The number of hydrogen-bond donors (Lipinski definition) is 0. The standard InChI is InChI=1S/C27H34N2O4/c1-5-13-29(15-12-20-8-10-23(31-2)11-9-20)14-6-7-21-19-28-24-18-27(33-4)26(32-3)17-22(24)16-25(21)30/h5,8-11,17-19,21H,1,6-7,12-16H2,2-4H3. The molecular formula is C27H34N2O4. The molecule has 0 amide bonds. The van der Waals surface area contributed by atoms with Gasteiger partial charge in [-0.05, 0) is 55.1 Å². The minimum absolute atomic E-state index is 0.179. The first-order valence-corrected chi connectivity index (χ1v) is 11.4. The van der Waals surface area contributed by atoms with Crippen LogP contribution in [0.3, 0.4) is 0 Å². The van der Waals surface area contributed by atoms with E-state index in [-0.39, 0.29) is 11.7 Å². The number of ether oxygens (including phenoxy) is 3. The third-order valence-electron chi connectivity index (χ3n) is 6.01. The van der Waals surface area contributed by atoms with Gasteiger partial charge in [0.2, 0.25) is 0 Å². The highest BCUT2D eigenvalue weighted by Gasteiger charge is 2.23. The Hall–Kier alpha value is -3.12. The van der Waals surface area contributed by atoms with Gasteiger partial charge in [0.1, 0.15) is 11.5 Å². The van der Waals surface area contributed by atoms with Gasteiger partial charge < -0.3 is 14.2 Å². The highest BCUT2D eigenvalue weighted by molar-refractivity contribution is 5.99. The average molecular weight is 451 g/mol. The minimum Gasteiger partial charge on any atom is -0.497 e. The van der Waals surface area contributed by atoms with Crippen molar-refractivity contribution in [3.63, 3.8) is 0 Å². The molecule has 0 aromatic heterocycles. The molecule has 1 heterocycles. The molecule has 0 fully saturated rings. The van der Waals surface area contributed by atoms with E-state index < -0.39 is 0 Å². The van der Waals surface area contributed by atoms with Gasteiger partial charge in [-0.2, -0.15) is 0 Å². The Morgan fingerprint density at radius 1 is 1.06 bits per heavy atom. The molecule has 1 atom stereocenters. The third kappa shape index (κ3) is 6.68. The summed E-state index contributed by atoms with van der Waals surface area (Å²) in [6, 6.07) is 11.9. The first-order valence-electron chi connectivity index (χ1n) is 11.4.